The molecule has 0 aliphatic carbocycles. The molecule has 2 aromatic rings. The summed E-state index contributed by atoms with van der Waals surface area (Å²) >= 11 is 2.83. The lowest BCUT2D eigenvalue weighted by Crippen LogP contribution is -1.86. The number of rotatable bonds is 2. The second kappa shape index (κ2) is 6.85. The molecule has 0 radical (unpaired) electrons. The smallest absolute Gasteiger partial charge is 0.197 e. The van der Waals surface area contributed by atoms with Gasteiger partial charge in [-0.1, -0.05) is 60.2 Å². The summed E-state index contributed by atoms with van der Waals surface area (Å²) in [7, 11) is 0. The van der Waals surface area contributed by atoms with Crippen molar-refractivity contribution in [1.82, 2.24) is 0 Å². The van der Waals surface area contributed by atoms with Crippen LogP contribution in [-0.2, 0) is 19.0 Å². The van der Waals surface area contributed by atoms with Crippen LogP contribution in [0.25, 0.3) is 0 Å². The van der Waals surface area contributed by atoms with Crippen molar-refractivity contribution < 1.29 is 4.21 Å². The third kappa shape index (κ3) is 3.91. The second-order valence-corrected chi connectivity index (χ2v) is 3.65. The Kier molecular flexibility index (Phi) is 5.37. The lowest BCUT2D eigenvalue weighted by Gasteiger charge is -2.01. The lowest BCUT2D eigenvalue weighted by atomic mass is 10.0. The molecule has 0 aliphatic rings. The largest absolute Gasteiger partial charge is 0.197 e. The molecule has 0 heterocycles. The molecule has 2 heteroatoms. The summed E-state index contributed by atoms with van der Waals surface area (Å²) in [5, 5.41) is 0. The highest BCUT2D eigenvalue weighted by Gasteiger charge is 1.94. The summed E-state index contributed by atoms with van der Waals surface area (Å²) < 4.78 is 7.83. The third-order valence-corrected chi connectivity index (χ3v) is 2.37. The van der Waals surface area contributed by atoms with Crippen LogP contribution in [0.3, 0.4) is 0 Å². The van der Waals surface area contributed by atoms with Gasteiger partial charge in [-0.05, 0) is 24.5 Å². The molecule has 0 aromatic heterocycles. The first-order chi connectivity index (χ1) is 7.84. The van der Waals surface area contributed by atoms with Crippen LogP contribution < -0.4 is 0 Å². The van der Waals surface area contributed by atoms with Crippen molar-refractivity contribution in [3.8, 4) is 0 Å². The van der Waals surface area contributed by atoms with Gasteiger partial charge in [-0.3, -0.25) is 0 Å². The first-order valence-corrected chi connectivity index (χ1v) is 5.44. The first kappa shape index (κ1) is 12.5. The van der Waals surface area contributed by atoms with Gasteiger partial charge in [0.05, 0.1) is 0 Å². The topological polar surface area (TPSA) is 17.1 Å². The standard InChI is InChI=1S/C14H14.OS/c1-12-7-9-14(10-8-12)11-13-5-3-2-4-6-13;1-2/h2-10H,11H2,1H3;. The van der Waals surface area contributed by atoms with Crippen molar-refractivity contribution >= 4 is 12.5 Å². The van der Waals surface area contributed by atoms with Crippen molar-refractivity contribution in [3.63, 3.8) is 0 Å². The maximum atomic E-state index is 7.83. The summed E-state index contributed by atoms with van der Waals surface area (Å²) in [6, 6.07) is 19.3. The Morgan fingerprint density at radius 2 is 1.31 bits per heavy atom. The average molecular weight is 230 g/mol. The molecule has 0 saturated heterocycles. The van der Waals surface area contributed by atoms with Gasteiger partial charge in [0.15, 0.2) is 12.5 Å². The number of aryl methyl sites for hydroxylation is 1. The highest BCUT2D eigenvalue weighted by molar-refractivity contribution is 7.44. The van der Waals surface area contributed by atoms with Crippen molar-refractivity contribution in [2.45, 2.75) is 13.3 Å². The molecular weight excluding hydrogens is 216 g/mol. The molecule has 0 fully saturated rings. The predicted octanol–water partition coefficient (Wildman–Crippen LogP) is 3.25. The number of hydrogen-bond donors (Lipinski definition) is 0. The van der Waals surface area contributed by atoms with Gasteiger partial charge in [-0.2, -0.15) is 4.21 Å². The third-order valence-electron chi connectivity index (χ3n) is 2.37. The van der Waals surface area contributed by atoms with E-state index in [0.29, 0.717) is 0 Å². The molecule has 0 N–H and O–H groups in total. The lowest BCUT2D eigenvalue weighted by molar-refractivity contribution is 0.702. The van der Waals surface area contributed by atoms with E-state index in [2.05, 4.69) is 74.1 Å². The van der Waals surface area contributed by atoms with Gasteiger partial charge in [0.1, 0.15) is 0 Å². The highest BCUT2D eigenvalue weighted by Crippen LogP contribution is 2.09. The van der Waals surface area contributed by atoms with Gasteiger partial charge in [0, 0.05) is 0 Å². The fraction of sp³-hybridized carbons (Fsp3) is 0.143. The van der Waals surface area contributed by atoms with Crippen molar-refractivity contribution in [3.05, 3.63) is 71.3 Å². The molecular formula is C14H14OS. The van der Waals surface area contributed by atoms with Crippen molar-refractivity contribution in [2.24, 2.45) is 0 Å². The molecule has 0 unspecified atom stereocenters. The van der Waals surface area contributed by atoms with E-state index in [1.165, 1.54) is 16.7 Å². The van der Waals surface area contributed by atoms with Crippen LogP contribution in [0.2, 0.25) is 0 Å². The first-order valence-electron chi connectivity index (χ1n) is 5.11. The minimum atomic E-state index is 1.03. The van der Waals surface area contributed by atoms with Gasteiger partial charge in [0.25, 0.3) is 0 Å². The van der Waals surface area contributed by atoms with Gasteiger partial charge in [-0.15, -0.1) is 0 Å². The molecule has 0 bridgehead atoms. The molecule has 16 heavy (non-hydrogen) atoms. The van der Waals surface area contributed by atoms with Crippen LogP contribution in [0.1, 0.15) is 16.7 Å². The normalized spacial score (nSPS) is 9.06. The molecule has 0 saturated carbocycles. The number of hydrogen-bond acceptors (Lipinski definition) is 2. The Hall–Kier alpha value is -1.54. The minimum absolute atomic E-state index is 1.03. The van der Waals surface area contributed by atoms with E-state index in [9.17, 15) is 0 Å². The van der Waals surface area contributed by atoms with Crippen molar-refractivity contribution in [1.29, 1.82) is 0 Å². The predicted molar refractivity (Wildman–Crippen MR) is 68.6 cm³/mol. The minimum Gasteiger partial charge on any atom is -0.197 e. The van der Waals surface area contributed by atoms with Gasteiger partial charge in [-0.25, -0.2) is 0 Å². The SMILES string of the molecule is Cc1ccc(Cc2ccccc2)cc1.O=S. The zero-order chi connectivity index (χ0) is 11.8. The van der Waals surface area contributed by atoms with Crippen LogP contribution in [-0.4, -0.2) is 4.21 Å². The summed E-state index contributed by atoms with van der Waals surface area (Å²) in [6.07, 6.45) is 1.03. The van der Waals surface area contributed by atoms with E-state index in [4.69, 9.17) is 4.21 Å². The van der Waals surface area contributed by atoms with Crippen LogP contribution in [0.5, 0.6) is 0 Å². The van der Waals surface area contributed by atoms with Crippen LogP contribution in [0, 0.1) is 6.92 Å². The van der Waals surface area contributed by atoms with Crippen LogP contribution in [0.4, 0.5) is 0 Å². The Morgan fingerprint density at radius 3 is 1.88 bits per heavy atom. The fourth-order valence-corrected chi connectivity index (χ4v) is 1.54. The number of benzene rings is 2. The second-order valence-electron chi connectivity index (χ2n) is 3.65. The maximum absolute atomic E-state index is 7.83. The molecule has 1 nitrogen and oxygen atoms in total. The molecule has 0 atom stereocenters. The molecule has 82 valence electrons. The van der Waals surface area contributed by atoms with E-state index in [0.717, 1.165) is 6.42 Å². The summed E-state index contributed by atoms with van der Waals surface area (Å²) in [4.78, 5) is 0. The Labute approximate surface area is 102 Å². The molecule has 2 rings (SSSR count). The monoisotopic (exact) mass is 230 g/mol. The Balaban J connectivity index is 0.000000606. The molecule has 0 aliphatic heterocycles. The van der Waals surface area contributed by atoms with E-state index in [1.807, 2.05) is 0 Å². The van der Waals surface area contributed by atoms with Gasteiger partial charge in [0.2, 0.25) is 0 Å². The van der Waals surface area contributed by atoms with E-state index < -0.39 is 0 Å². The van der Waals surface area contributed by atoms with Crippen LogP contribution >= 0.6 is 0 Å². The Morgan fingerprint density at radius 1 is 0.812 bits per heavy atom. The van der Waals surface area contributed by atoms with E-state index in [1.54, 1.807) is 0 Å². The highest BCUT2D eigenvalue weighted by atomic mass is 32.1. The average Bonchev–Trinajstić information content (AvgIpc) is 2.36. The maximum Gasteiger partial charge on any atom is 0.197 e. The quantitative estimate of drug-likeness (QED) is 0.787. The van der Waals surface area contributed by atoms with Gasteiger partial charge < -0.3 is 0 Å². The van der Waals surface area contributed by atoms with Crippen LogP contribution in [0.15, 0.2) is 54.6 Å². The molecule has 0 amide bonds. The molecule has 2 aromatic carbocycles. The Bertz CT molecular complexity index is 409. The van der Waals surface area contributed by atoms with E-state index >= 15 is 0 Å². The van der Waals surface area contributed by atoms with Gasteiger partial charge >= 0.3 is 0 Å². The summed E-state index contributed by atoms with van der Waals surface area (Å²) in [6.45, 7) is 2.12. The van der Waals surface area contributed by atoms with Crippen molar-refractivity contribution in [2.75, 3.05) is 0 Å². The zero-order valence-electron chi connectivity index (χ0n) is 9.22. The summed E-state index contributed by atoms with van der Waals surface area (Å²) in [5.74, 6) is 0. The van der Waals surface area contributed by atoms with E-state index in [-0.39, 0.29) is 0 Å². The zero-order valence-corrected chi connectivity index (χ0v) is 10.0. The fourth-order valence-electron chi connectivity index (χ4n) is 1.54. The molecule has 0 spiro atoms. The summed E-state index contributed by atoms with van der Waals surface area (Å²) in [5.41, 5.74) is 4.07.